The van der Waals surface area contributed by atoms with Crippen LogP contribution in [0.25, 0.3) is 85.6 Å². The molecule has 4 heterocycles. The molecule has 0 bridgehead atoms. The predicted octanol–water partition coefficient (Wildman–Crippen LogP) is 10.9. The van der Waals surface area contributed by atoms with Gasteiger partial charge in [0.2, 0.25) is 0 Å². The maximum atomic E-state index is 2.46. The summed E-state index contributed by atoms with van der Waals surface area (Å²) in [4.78, 5) is 0. The maximum absolute atomic E-state index is 2.46. The molecular formula is C38H22N2S. The number of hydrogen-bond acceptors (Lipinski definition) is 1. The van der Waals surface area contributed by atoms with Crippen LogP contribution in [-0.2, 0) is 0 Å². The van der Waals surface area contributed by atoms with Gasteiger partial charge in [-0.05, 0) is 41.8 Å². The first-order chi connectivity index (χ1) is 20.3. The highest BCUT2D eigenvalue weighted by molar-refractivity contribution is 7.26. The lowest BCUT2D eigenvalue weighted by molar-refractivity contribution is 1.18. The van der Waals surface area contributed by atoms with Gasteiger partial charge in [0.1, 0.15) is 0 Å². The second kappa shape index (κ2) is 7.75. The molecule has 0 unspecified atom stereocenters. The van der Waals surface area contributed by atoms with Crippen molar-refractivity contribution < 1.29 is 0 Å². The van der Waals surface area contributed by atoms with Gasteiger partial charge >= 0.3 is 0 Å². The van der Waals surface area contributed by atoms with Crippen LogP contribution in [0.5, 0.6) is 0 Å². The fraction of sp³-hybridized carbons (Fsp3) is 0. The van der Waals surface area contributed by atoms with Crippen LogP contribution in [0.3, 0.4) is 0 Å². The summed E-state index contributed by atoms with van der Waals surface area (Å²) >= 11 is 1.92. The third kappa shape index (κ3) is 2.76. The van der Waals surface area contributed by atoms with Gasteiger partial charge in [-0.15, -0.1) is 11.3 Å². The average molecular weight is 539 g/mol. The minimum Gasteiger partial charge on any atom is -0.315 e. The second-order valence-corrected chi connectivity index (χ2v) is 12.0. The first-order valence-electron chi connectivity index (χ1n) is 14.0. The number of thiophene rings is 1. The Morgan fingerprint density at radius 1 is 0.463 bits per heavy atom. The molecule has 0 saturated carbocycles. The van der Waals surface area contributed by atoms with Crippen LogP contribution in [0.2, 0.25) is 0 Å². The van der Waals surface area contributed by atoms with Crippen LogP contribution in [0.1, 0.15) is 0 Å². The fourth-order valence-electron chi connectivity index (χ4n) is 7.13. The van der Waals surface area contributed by atoms with Crippen molar-refractivity contribution in [1.29, 1.82) is 0 Å². The van der Waals surface area contributed by atoms with Gasteiger partial charge in [-0.1, -0.05) is 91.0 Å². The standard InChI is InChI=1S/C38H22N2S/c1-2-11-24(12-3-1)40-32-16-8-6-14-26(32)30-20-33-31(21-34(30)40)28-18-19-29-27-15-7-9-17-35(27)41-38(29)36(28)37-25-13-5-4-10-23(25)22-39(33)37/h1-22H. The number of para-hydroxylation sites is 2. The van der Waals surface area contributed by atoms with Crippen molar-refractivity contribution in [2.45, 2.75) is 0 Å². The molecule has 3 heteroatoms. The third-order valence-corrected chi connectivity index (χ3v) is 10.1. The molecule has 0 spiro atoms. The summed E-state index contributed by atoms with van der Waals surface area (Å²) in [6, 6.07) is 46.8. The summed E-state index contributed by atoms with van der Waals surface area (Å²) in [5.74, 6) is 0. The molecule has 0 N–H and O–H groups in total. The van der Waals surface area contributed by atoms with Crippen LogP contribution in [0.15, 0.2) is 134 Å². The molecule has 6 aromatic carbocycles. The van der Waals surface area contributed by atoms with E-state index in [0.29, 0.717) is 0 Å². The Morgan fingerprint density at radius 2 is 1.15 bits per heavy atom. The molecule has 41 heavy (non-hydrogen) atoms. The quantitative estimate of drug-likeness (QED) is 0.184. The summed E-state index contributed by atoms with van der Waals surface area (Å²) in [6.07, 6.45) is 2.33. The van der Waals surface area contributed by atoms with Crippen LogP contribution >= 0.6 is 11.3 Å². The molecule has 0 fully saturated rings. The van der Waals surface area contributed by atoms with Crippen molar-refractivity contribution in [3.8, 4) is 5.69 Å². The Kier molecular flexibility index (Phi) is 4.10. The zero-order valence-corrected chi connectivity index (χ0v) is 22.8. The van der Waals surface area contributed by atoms with Crippen molar-refractivity contribution in [3.05, 3.63) is 134 Å². The smallest absolute Gasteiger partial charge is 0.0628 e. The van der Waals surface area contributed by atoms with E-state index in [-0.39, 0.29) is 0 Å². The molecule has 0 radical (unpaired) electrons. The molecule has 10 rings (SSSR count). The highest BCUT2D eigenvalue weighted by Gasteiger charge is 2.20. The molecular weight excluding hydrogens is 516 g/mol. The van der Waals surface area contributed by atoms with Gasteiger partial charge in [0, 0.05) is 64.4 Å². The Labute approximate surface area is 238 Å². The van der Waals surface area contributed by atoms with Gasteiger partial charge in [0.25, 0.3) is 0 Å². The van der Waals surface area contributed by atoms with Crippen LogP contribution in [0.4, 0.5) is 0 Å². The molecule has 0 amide bonds. The van der Waals surface area contributed by atoms with E-state index >= 15 is 0 Å². The van der Waals surface area contributed by atoms with Crippen LogP contribution in [-0.4, -0.2) is 8.97 Å². The molecule has 190 valence electrons. The van der Waals surface area contributed by atoms with Gasteiger partial charge in [-0.2, -0.15) is 0 Å². The zero-order chi connectivity index (χ0) is 26.7. The van der Waals surface area contributed by atoms with Crippen molar-refractivity contribution in [1.82, 2.24) is 8.97 Å². The minimum atomic E-state index is 1.18. The first-order valence-corrected chi connectivity index (χ1v) is 14.8. The van der Waals surface area contributed by atoms with Crippen molar-refractivity contribution in [2.24, 2.45) is 0 Å². The normalized spacial score (nSPS) is 12.4. The predicted molar refractivity (Wildman–Crippen MR) is 177 cm³/mol. The molecule has 0 aliphatic carbocycles. The first kappa shape index (κ1) is 21.7. The second-order valence-electron chi connectivity index (χ2n) is 11.0. The lowest BCUT2D eigenvalue weighted by Crippen LogP contribution is -1.94. The molecule has 4 aromatic heterocycles. The highest BCUT2D eigenvalue weighted by atomic mass is 32.1. The lowest BCUT2D eigenvalue weighted by atomic mass is 9.99. The maximum Gasteiger partial charge on any atom is 0.0628 e. The van der Waals surface area contributed by atoms with E-state index in [0.717, 1.165) is 0 Å². The number of hydrogen-bond donors (Lipinski definition) is 0. The van der Waals surface area contributed by atoms with E-state index in [2.05, 4.69) is 143 Å². The molecule has 0 aliphatic rings. The summed E-state index contributed by atoms with van der Waals surface area (Å²) in [5.41, 5.74) is 6.19. The minimum absolute atomic E-state index is 1.18. The highest BCUT2D eigenvalue weighted by Crippen LogP contribution is 2.45. The van der Waals surface area contributed by atoms with E-state index < -0.39 is 0 Å². The Bertz CT molecular complexity index is 2690. The topological polar surface area (TPSA) is 9.34 Å². The lowest BCUT2D eigenvalue weighted by Gasteiger charge is -2.13. The van der Waals surface area contributed by atoms with Gasteiger partial charge in [0.15, 0.2) is 0 Å². The molecule has 0 saturated heterocycles. The van der Waals surface area contributed by atoms with Gasteiger partial charge in [-0.25, -0.2) is 0 Å². The zero-order valence-electron chi connectivity index (χ0n) is 22.0. The monoisotopic (exact) mass is 538 g/mol. The molecule has 0 aliphatic heterocycles. The number of rotatable bonds is 1. The summed E-state index contributed by atoms with van der Waals surface area (Å²) < 4.78 is 7.58. The van der Waals surface area contributed by atoms with Gasteiger partial charge in [-0.3, -0.25) is 0 Å². The van der Waals surface area contributed by atoms with Crippen LogP contribution < -0.4 is 0 Å². The number of benzene rings is 6. The largest absolute Gasteiger partial charge is 0.315 e. The van der Waals surface area contributed by atoms with E-state index in [1.54, 1.807) is 0 Å². The number of fused-ring (bicyclic) bond motifs is 15. The van der Waals surface area contributed by atoms with Crippen LogP contribution in [0, 0.1) is 0 Å². The number of pyridine rings is 1. The summed E-state index contributed by atoms with van der Waals surface area (Å²) in [6.45, 7) is 0. The number of nitrogens with zero attached hydrogens (tertiary/aromatic N) is 2. The Morgan fingerprint density at radius 3 is 2.05 bits per heavy atom. The van der Waals surface area contributed by atoms with E-state index in [9.17, 15) is 0 Å². The summed E-state index contributed by atoms with van der Waals surface area (Å²) in [7, 11) is 0. The van der Waals surface area contributed by atoms with Crippen molar-refractivity contribution >= 4 is 91.3 Å². The molecule has 0 atom stereocenters. The number of aromatic nitrogens is 2. The van der Waals surface area contributed by atoms with E-state index in [1.165, 1.54) is 85.6 Å². The fourth-order valence-corrected chi connectivity index (χ4v) is 8.38. The molecule has 2 nitrogen and oxygen atoms in total. The summed E-state index contributed by atoms with van der Waals surface area (Å²) in [5, 5.41) is 11.7. The van der Waals surface area contributed by atoms with E-state index in [4.69, 9.17) is 0 Å². The Hall–Kier alpha value is -5.12. The van der Waals surface area contributed by atoms with Crippen molar-refractivity contribution in [3.63, 3.8) is 0 Å². The van der Waals surface area contributed by atoms with Crippen molar-refractivity contribution in [2.75, 3.05) is 0 Å². The Balaban J connectivity index is 1.50. The van der Waals surface area contributed by atoms with Gasteiger partial charge in [0.05, 0.1) is 22.1 Å². The third-order valence-electron chi connectivity index (χ3n) is 8.86. The molecule has 10 aromatic rings. The van der Waals surface area contributed by atoms with E-state index in [1.807, 2.05) is 11.3 Å². The SMILES string of the molecule is c1ccc(-n2c3ccccc3c3cc4c(cc32)c2ccc3c5ccccc5sc3c2c2c3ccccc3cn42)cc1. The van der Waals surface area contributed by atoms with Gasteiger partial charge < -0.3 is 8.97 Å². The average Bonchev–Trinajstić information content (AvgIpc) is 3.70.